The predicted octanol–water partition coefficient (Wildman–Crippen LogP) is 2.17. The van der Waals surface area contributed by atoms with Gasteiger partial charge in [0.05, 0.1) is 0 Å². The Kier molecular flexibility index (Phi) is 6.22. The van der Waals surface area contributed by atoms with Crippen LogP contribution in [0.5, 0.6) is 0 Å². The summed E-state index contributed by atoms with van der Waals surface area (Å²) < 4.78 is 0. The largest absolute Gasteiger partial charge is 0.356 e. The molecule has 96 valence electrons. The number of amides is 1. The fourth-order valence-corrected chi connectivity index (χ4v) is 2.45. The van der Waals surface area contributed by atoms with Crippen molar-refractivity contribution in [1.82, 2.24) is 5.32 Å². The number of thiophene rings is 1. The second-order valence-electron chi connectivity index (χ2n) is 4.71. The standard InChI is InChI=1S/C13H22N2OS/c1-10(8-12-4-3-7-17-12)9-15-13(16)6-5-11(2)14/h3-4,7,10-11H,5-6,8-9,14H2,1-2H3,(H,15,16). The van der Waals surface area contributed by atoms with E-state index in [0.717, 1.165) is 19.4 Å². The topological polar surface area (TPSA) is 55.1 Å². The molecule has 0 spiro atoms. The maximum atomic E-state index is 11.5. The molecule has 1 heterocycles. The van der Waals surface area contributed by atoms with Crippen LogP contribution in [0.1, 0.15) is 31.6 Å². The summed E-state index contributed by atoms with van der Waals surface area (Å²) in [5, 5.41) is 5.05. The number of carbonyl (C=O) groups is 1. The zero-order valence-corrected chi connectivity index (χ0v) is 11.4. The van der Waals surface area contributed by atoms with Gasteiger partial charge in [0.2, 0.25) is 5.91 Å². The molecule has 0 bridgehead atoms. The SMILES string of the molecule is CC(N)CCC(=O)NCC(C)Cc1cccs1. The quantitative estimate of drug-likeness (QED) is 0.783. The first-order valence-corrected chi connectivity index (χ1v) is 7.00. The van der Waals surface area contributed by atoms with E-state index < -0.39 is 0 Å². The van der Waals surface area contributed by atoms with Crippen LogP contribution in [0.25, 0.3) is 0 Å². The van der Waals surface area contributed by atoms with Crippen molar-refractivity contribution in [3.63, 3.8) is 0 Å². The minimum absolute atomic E-state index is 0.101. The molecule has 0 radical (unpaired) electrons. The van der Waals surface area contributed by atoms with Crippen LogP contribution in [0.3, 0.4) is 0 Å². The zero-order chi connectivity index (χ0) is 12.7. The van der Waals surface area contributed by atoms with Gasteiger partial charge in [-0.25, -0.2) is 0 Å². The summed E-state index contributed by atoms with van der Waals surface area (Å²) in [6.45, 7) is 4.83. The molecule has 0 fully saturated rings. The molecule has 0 saturated heterocycles. The lowest BCUT2D eigenvalue weighted by Gasteiger charge is -2.12. The molecule has 0 saturated carbocycles. The molecule has 3 N–H and O–H groups in total. The molecular formula is C13H22N2OS. The predicted molar refractivity (Wildman–Crippen MR) is 73.1 cm³/mol. The van der Waals surface area contributed by atoms with Gasteiger partial charge in [-0.05, 0) is 37.1 Å². The maximum Gasteiger partial charge on any atom is 0.220 e. The Morgan fingerprint density at radius 3 is 2.88 bits per heavy atom. The van der Waals surface area contributed by atoms with Crippen LogP contribution in [0, 0.1) is 5.92 Å². The van der Waals surface area contributed by atoms with Crippen LogP contribution in [-0.4, -0.2) is 18.5 Å². The molecular weight excluding hydrogens is 232 g/mol. The van der Waals surface area contributed by atoms with E-state index in [-0.39, 0.29) is 11.9 Å². The number of nitrogens with two attached hydrogens (primary N) is 1. The Morgan fingerprint density at radius 1 is 1.53 bits per heavy atom. The van der Waals surface area contributed by atoms with Gasteiger partial charge in [0.1, 0.15) is 0 Å². The Bertz CT molecular complexity index is 322. The Hall–Kier alpha value is -0.870. The summed E-state index contributed by atoms with van der Waals surface area (Å²) in [6.07, 6.45) is 2.32. The molecule has 2 atom stereocenters. The van der Waals surface area contributed by atoms with Crippen molar-refractivity contribution in [2.75, 3.05) is 6.54 Å². The summed E-state index contributed by atoms with van der Waals surface area (Å²) in [4.78, 5) is 12.9. The van der Waals surface area contributed by atoms with E-state index in [1.165, 1.54) is 4.88 Å². The summed E-state index contributed by atoms with van der Waals surface area (Å²) in [6, 6.07) is 4.30. The second kappa shape index (κ2) is 7.45. The van der Waals surface area contributed by atoms with Gasteiger partial charge in [-0.15, -0.1) is 11.3 Å². The highest BCUT2D eigenvalue weighted by Gasteiger charge is 2.07. The zero-order valence-electron chi connectivity index (χ0n) is 10.6. The van der Waals surface area contributed by atoms with E-state index in [1.54, 1.807) is 11.3 Å². The summed E-state index contributed by atoms with van der Waals surface area (Å²) >= 11 is 1.77. The first-order chi connectivity index (χ1) is 8.08. The molecule has 1 aromatic rings. The number of rotatable bonds is 7. The molecule has 17 heavy (non-hydrogen) atoms. The molecule has 4 heteroatoms. The van der Waals surface area contributed by atoms with Crippen molar-refractivity contribution >= 4 is 17.2 Å². The second-order valence-corrected chi connectivity index (χ2v) is 5.74. The number of hydrogen-bond donors (Lipinski definition) is 2. The monoisotopic (exact) mass is 254 g/mol. The van der Waals surface area contributed by atoms with Crippen LogP contribution < -0.4 is 11.1 Å². The molecule has 2 unspecified atom stereocenters. The Balaban J connectivity index is 2.15. The third kappa shape index (κ3) is 6.44. The van der Waals surface area contributed by atoms with Crippen LogP contribution in [-0.2, 0) is 11.2 Å². The molecule has 0 aliphatic rings. The maximum absolute atomic E-state index is 11.5. The van der Waals surface area contributed by atoms with Gasteiger partial charge in [-0.1, -0.05) is 13.0 Å². The van der Waals surface area contributed by atoms with E-state index in [9.17, 15) is 4.79 Å². The highest BCUT2D eigenvalue weighted by atomic mass is 32.1. The van der Waals surface area contributed by atoms with Crippen LogP contribution >= 0.6 is 11.3 Å². The lowest BCUT2D eigenvalue weighted by molar-refractivity contribution is -0.121. The van der Waals surface area contributed by atoms with Gasteiger partial charge in [-0.2, -0.15) is 0 Å². The molecule has 1 rings (SSSR count). The molecule has 0 aromatic carbocycles. The van der Waals surface area contributed by atoms with Crippen LogP contribution in [0.2, 0.25) is 0 Å². The van der Waals surface area contributed by atoms with Crippen LogP contribution in [0.4, 0.5) is 0 Å². The van der Waals surface area contributed by atoms with Crippen molar-refractivity contribution in [2.45, 2.75) is 39.2 Å². The molecule has 0 aliphatic heterocycles. The fourth-order valence-electron chi connectivity index (χ4n) is 1.58. The first kappa shape index (κ1) is 14.2. The number of carbonyl (C=O) groups excluding carboxylic acids is 1. The molecule has 1 amide bonds. The van der Waals surface area contributed by atoms with Gasteiger partial charge in [0, 0.05) is 23.9 Å². The van der Waals surface area contributed by atoms with Gasteiger partial charge in [0.15, 0.2) is 0 Å². The number of hydrogen-bond acceptors (Lipinski definition) is 3. The van der Waals surface area contributed by atoms with Gasteiger partial charge >= 0.3 is 0 Å². The van der Waals surface area contributed by atoms with E-state index >= 15 is 0 Å². The minimum atomic E-state index is 0.101. The highest BCUT2D eigenvalue weighted by molar-refractivity contribution is 7.09. The van der Waals surface area contributed by atoms with E-state index in [2.05, 4.69) is 29.8 Å². The van der Waals surface area contributed by atoms with Gasteiger partial charge in [-0.3, -0.25) is 4.79 Å². The van der Waals surface area contributed by atoms with E-state index in [4.69, 9.17) is 5.73 Å². The van der Waals surface area contributed by atoms with Crippen molar-refractivity contribution in [2.24, 2.45) is 11.7 Å². The number of nitrogens with one attached hydrogen (secondary N) is 1. The molecule has 1 aromatic heterocycles. The summed E-state index contributed by atoms with van der Waals surface area (Å²) in [7, 11) is 0. The average molecular weight is 254 g/mol. The third-order valence-electron chi connectivity index (χ3n) is 2.60. The molecule has 0 aliphatic carbocycles. The van der Waals surface area contributed by atoms with Crippen molar-refractivity contribution in [3.8, 4) is 0 Å². The summed E-state index contributed by atoms with van der Waals surface area (Å²) in [5.41, 5.74) is 5.61. The fraction of sp³-hybridized carbons (Fsp3) is 0.615. The Labute approximate surface area is 107 Å². The first-order valence-electron chi connectivity index (χ1n) is 6.12. The summed E-state index contributed by atoms with van der Waals surface area (Å²) in [5.74, 6) is 0.591. The van der Waals surface area contributed by atoms with Gasteiger partial charge in [0.25, 0.3) is 0 Å². The van der Waals surface area contributed by atoms with Crippen molar-refractivity contribution < 1.29 is 4.79 Å². The third-order valence-corrected chi connectivity index (χ3v) is 3.50. The van der Waals surface area contributed by atoms with Crippen molar-refractivity contribution in [3.05, 3.63) is 22.4 Å². The van der Waals surface area contributed by atoms with E-state index in [0.29, 0.717) is 12.3 Å². The normalized spacial score (nSPS) is 14.3. The van der Waals surface area contributed by atoms with Crippen LogP contribution in [0.15, 0.2) is 17.5 Å². The highest BCUT2D eigenvalue weighted by Crippen LogP contribution is 2.13. The lowest BCUT2D eigenvalue weighted by atomic mass is 10.1. The van der Waals surface area contributed by atoms with Gasteiger partial charge < -0.3 is 11.1 Å². The van der Waals surface area contributed by atoms with Crippen molar-refractivity contribution in [1.29, 1.82) is 0 Å². The van der Waals surface area contributed by atoms with E-state index in [1.807, 2.05) is 6.92 Å². The molecule has 3 nitrogen and oxygen atoms in total. The minimum Gasteiger partial charge on any atom is -0.356 e. The smallest absolute Gasteiger partial charge is 0.220 e. The average Bonchev–Trinajstić information content (AvgIpc) is 2.76. The Morgan fingerprint density at radius 2 is 2.29 bits per heavy atom. The lowest BCUT2D eigenvalue weighted by Crippen LogP contribution is -2.30.